The third-order valence-electron chi connectivity index (χ3n) is 2.51. The first-order chi connectivity index (χ1) is 9.66. The first-order valence-electron chi connectivity index (χ1n) is 6.77. The van der Waals surface area contributed by atoms with Gasteiger partial charge in [0.05, 0.1) is 6.61 Å². The maximum absolute atomic E-state index is 11.9. The van der Waals surface area contributed by atoms with E-state index in [4.69, 9.17) is 0 Å². The summed E-state index contributed by atoms with van der Waals surface area (Å²) in [4.78, 5) is 1.03. The summed E-state index contributed by atoms with van der Waals surface area (Å²) in [6.07, 6.45) is -4.24. The zero-order valence-corrected chi connectivity index (χ0v) is 13.4. The van der Waals surface area contributed by atoms with E-state index in [1.165, 1.54) is 17.3 Å². The van der Waals surface area contributed by atoms with Crippen molar-refractivity contribution in [3.8, 4) is 0 Å². The lowest BCUT2D eigenvalue weighted by atomic mass is 10.1. The monoisotopic (exact) mass is 321 g/mol. The number of benzene rings is 1. The molecule has 0 fully saturated rings. The first kappa shape index (κ1) is 18.3. The van der Waals surface area contributed by atoms with Crippen LogP contribution in [0, 0.1) is 0 Å². The summed E-state index contributed by atoms with van der Waals surface area (Å²) in [6.45, 7) is 6.04. The smallest absolute Gasteiger partial charge is 0.371 e. The Kier molecular flexibility index (Phi) is 7.03. The first-order valence-corrected chi connectivity index (χ1v) is 7.75. The van der Waals surface area contributed by atoms with Crippen molar-refractivity contribution in [1.82, 2.24) is 5.32 Å². The Morgan fingerprint density at radius 1 is 1.10 bits per heavy atom. The van der Waals surface area contributed by atoms with E-state index in [-0.39, 0.29) is 12.1 Å². The summed E-state index contributed by atoms with van der Waals surface area (Å²) in [5.41, 5.74) is 1.26. The van der Waals surface area contributed by atoms with Gasteiger partial charge in [0.1, 0.15) is 6.61 Å². The van der Waals surface area contributed by atoms with Crippen LogP contribution in [0.5, 0.6) is 0 Å². The minimum absolute atomic E-state index is 0.0727. The van der Waals surface area contributed by atoms with Crippen LogP contribution in [0.1, 0.15) is 26.3 Å². The van der Waals surface area contributed by atoms with E-state index in [9.17, 15) is 13.2 Å². The highest BCUT2D eigenvalue weighted by molar-refractivity contribution is 7.99. The van der Waals surface area contributed by atoms with Gasteiger partial charge in [0, 0.05) is 22.7 Å². The Hall–Kier alpha value is -0.720. The number of halogens is 3. The molecule has 0 spiro atoms. The van der Waals surface area contributed by atoms with Crippen LogP contribution >= 0.6 is 11.8 Å². The standard InChI is InChI=1S/C15H22F3NOS/c1-14(2,3)19-10-12-4-6-13(7-5-12)21-9-8-20-11-15(16,17)18/h4-7,19H,8-11H2,1-3H3. The lowest BCUT2D eigenvalue weighted by molar-refractivity contribution is -0.172. The second kappa shape index (κ2) is 8.06. The van der Waals surface area contributed by atoms with Gasteiger partial charge in [-0.2, -0.15) is 13.2 Å². The highest BCUT2D eigenvalue weighted by Crippen LogP contribution is 2.19. The largest absolute Gasteiger partial charge is 0.411 e. The molecule has 2 nitrogen and oxygen atoms in total. The fraction of sp³-hybridized carbons (Fsp3) is 0.600. The topological polar surface area (TPSA) is 21.3 Å². The molecule has 0 saturated carbocycles. The van der Waals surface area contributed by atoms with Crippen molar-refractivity contribution < 1.29 is 17.9 Å². The molecule has 0 unspecified atom stereocenters. The molecule has 6 heteroatoms. The van der Waals surface area contributed by atoms with Gasteiger partial charge in [0.15, 0.2) is 0 Å². The molecule has 0 saturated heterocycles. The van der Waals surface area contributed by atoms with E-state index in [1.807, 2.05) is 24.3 Å². The number of alkyl halides is 3. The molecule has 1 N–H and O–H groups in total. The molecular formula is C15H22F3NOS. The summed E-state index contributed by atoms with van der Waals surface area (Å²) >= 11 is 1.49. The average molecular weight is 321 g/mol. The van der Waals surface area contributed by atoms with Gasteiger partial charge in [-0.25, -0.2) is 0 Å². The predicted molar refractivity (Wildman–Crippen MR) is 80.6 cm³/mol. The molecule has 1 aromatic rings. The van der Waals surface area contributed by atoms with Gasteiger partial charge in [-0.1, -0.05) is 12.1 Å². The molecule has 0 aromatic heterocycles. The second-order valence-corrected chi connectivity index (χ2v) is 6.93. The van der Waals surface area contributed by atoms with Crippen molar-refractivity contribution >= 4 is 11.8 Å². The van der Waals surface area contributed by atoms with Gasteiger partial charge in [-0.05, 0) is 38.5 Å². The normalized spacial score (nSPS) is 12.7. The van der Waals surface area contributed by atoms with Crippen molar-refractivity contribution in [3.63, 3.8) is 0 Å². The molecular weight excluding hydrogens is 299 g/mol. The van der Waals surface area contributed by atoms with Gasteiger partial charge in [-0.15, -0.1) is 11.8 Å². The Bertz CT molecular complexity index is 412. The van der Waals surface area contributed by atoms with Crippen LogP contribution in [0.2, 0.25) is 0 Å². The molecule has 0 aliphatic heterocycles. The van der Waals surface area contributed by atoms with E-state index in [0.717, 1.165) is 11.4 Å². The molecule has 0 aliphatic carbocycles. The van der Waals surface area contributed by atoms with Crippen molar-refractivity contribution in [2.45, 2.75) is 43.9 Å². The Balaban J connectivity index is 2.25. The van der Waals surface area contributed by atoms with E-state index >= 15 is 0 Å². The second-order valence-electron chi connectivity index (χ2n) is 5.76. The molecule has 0 aliphatic rings. The maximum atomic E-state index is 11.9. The van der Waals surface area contributed by atoms with Crippen molar-refractivity contribution in [2.75, 3.05) is 19.0 Å². The van der Waals surface area contributed by atoms with E-state index in [2.05, 4.69) is 30.8 Å². The molecule has 1 rings (SSSR count). The summed E-state index contributed by atoms with van der Waals surface area (Å²) in [5.74, 6) is 0.510. The average Bonchev–Trinajstić information content (AvgIpc) is 2.35. The Morgan fingerprint density at radius 3 is 2.24 bits per heavy atom. The van der Waals surface area contributed by atoms with E-state index in [0.29, 0.717) is 5.75 Å². The number of ether oxygens (including phenoxy) is 1. The number of hydrogen-bond donors (Lipinski definition) is 1. The van der Waals surface area contributed by atoms with Crippen LogP contribution in [0.4, 0.5) is 13.2 Å². The van der Waals surface area contributed by atoms with Crippen LogP contribution in [0.25, 0.3) is 0 Å². The minimum Gasteiger partial charge on any atom is -0.371 e. The van der Waals surface area contributed by atoms with Crippen LogP contribution in [-0.4, -0.2) is 30.7 Å². The summed E-state index contributed by atoms with van der Waals surface area (Å²) in [5, 5.41) is 3.40. The molecule has 0 heterocycles. The molecule has 0 atom stereocenters. The SMILES string of the molecule is CC(C)(C)NCc1ccc(SCCOCC(F)(F)F)cc1. The number of thioether (sulfide) groups is 1. The third-order valence-corrected chi connectivity index (χ3v) is 3.48. The van der Waals surface area contributed by atoms with Gasteiger partial charge in [0.25, 0.3) is 0 Å². The van der Waals surface area contributed by atoms with E-state index in [1.54, 1.807) is 0 Å². The fourth-order valence-corrected chi connectivity index (χ4v) is 2.24. The lowest BCUT2D eigenvalue weighted by Crippen LogP contribution is -2.35. The van der Waals surface area contributed by atoms with Crippen molar-refractivity contribution in [3.05, 3.63) is 29.8 Å². The van der Waals surface area contributed by atoms with Gasteiger partial charge in [-0.3, -0.25) is 0 Å². The van der Waals surface area contributed by atoms with Crippen LogP contribution in [0.15, 0.2) is 29.2 Å². The molecule has 1 aromatic carbocycles. The van der Waals surface area contributed by atoms with Gasteiger partial charge < -0.3 is 10.1 Å². The van der Waals surface area contributed by atoms with Crippen molar-refractivity contribution in [2.24, 2.45) is 0 Å². The zero-order valence-electron chi connectivity index (χ0n) is 12.6. The minimum atomic E-state index is -4.24. The van der Waals surface area contributed by atoms with Crippen LogP contribution in [0.3, 0.4) is 0 Å². The van der Waals surface area contributed by atoms with Crippen molar-refractivity contribution in [1.29, 1.82) is 0 Å². The van der Waals surface area contributed by atoms with Crippen LogP contribution in [-0.2, 0) is 11.3 Å². The molecule has 0 amide bonds. The summed E-state index contributed by atoms with van der Waals surface area (Å²) in [6, 6.07) is 8.01. The number of nitrogens with one attached hydrogen (secondary N) is 1. The van der Waals surface area contributed by atoms with Crippen LogP contribution < -0.4 is 5.32 Å². The Morgan fingerprint density at radius 2 is 1.71 bits per heavy atom. The fourth-order valence-electron chi connectivity index (χ4n) is 1.48. The number of rotatable bonds is 7. The summed E-state index contributed by atoms with van der Waals surface area (Å²) in [7, 11) is 0. The number of hydrogen-bond acceptors (Lipinski definition) is 3. The highest BCUT2D eigenvalue weighted by atomic mass is 32.2. The van der Waals surface area contributed by atoms with Gasteiger partial charge >= 0.3 is 6.18 Å². The summed E-state index contributed by atoms with van der Waals surface area (Å²) < 4.78 is 40.2. The molecule has 0 bridgehead atoms. The predicted octanol–water partition coefficient (Wildman–Crippen LogP) is 4.25. The maximum Gasteiger partial charge on any atom is 0.411 e. The highest BCUT2D eigenvalue weighted by Gasteiger charge is 2.27. The zero-order chi connectivity index (χ0) is 15.9. The Labute approximate surface area is 128 Å². The molecule has 120 valence electrons. The van der Waals surface area contributed by atoms with Gasteiger partial charge in [0.2, 0.25) is 0 Å². The third kappa shape index (κ3) is 9.77. The quantitative estimate of drug-likeness (QED) is 0.599. The van der Waals surface area contributed by atoms with E-state index < -0.39 is 12.8 Å². The molecule has 0 radical (unpaired) electrons. The molecule has 21 heavy (non-hydrogen) atoms. The lowest BCUT2D eigenvalue weighted by Gasteiger charge is -2.20.